The van der Waals surface area contributed by atoms with Crippen molar-refractivity contribution in [3.63, 3.8) is 0 Å². The molecule has 0 aromatic heterocycles. The maximum Gasteiger partial charge on any atom is 0.227 e. The Labute approximate surface area is 147 Å². The van der Waals surface area contributed by atoms with Crippen molar-refractivity contribution in [3.05, 3.63) is 59.7 Å². The van der Waals surface area contributed by atoms with E-state index in [1.807, 2.05) is 54.3 Å². The summed E-state index contributed by atoms with van der Waals surface area (Å²) in [6.45, 7) is 3.52. The molecule has 24 heavy (non-hydrogen) atoms. The minimum absolute atomic E-state index is 0.212. The molecule has 2 aromatic rings. The van der Waals surface area contributed by atoms with Gasteiger partial charge in [-0.15, -0.1) is 0 Å². The number of rotatable bonds is 4. The maximum absolute atomic E-state index is 11.8. The van der Waals surface area contributed by atoms with Crippen molar-refractivity contribution in [3.8, 4) is 0 Å². The van der Waals surface area contributed by atoms with E-state index in [1.165, 1.54) is 5.56 Å². The zero-order chi connectivity index (χ0) is 16.9. The quantitative estimate of drug-likeness (QED) is 0.835. The van der Waals surface area contributed by atoms with Crippen LogP contribution in [0.3, 0.4) is 0 Å². The van der Waals surface area contributed by atoms with Gasteiger partial charge in [0.2, 0.25) is 5.91 Å². The molecule has 1 aliphatic heterocycles. The first-order chi connectivity index (χ1) is 11.6. The molecule has 1 heterocycles. The fourth-order valence-electron chi connectivity index (χ4n) is 2.80. The van der Waals surface area contributed by atoms with Crippen molar-refractivity contribution < 1.29 is 4.79 Å². The number of nitrogens with zero attached hydrogens (tertiary/aromatic N) is 1. The fraction of sp³-hybridized carbons (Fsp3) is 0.263. The van der Waals surface area contributed by atoms with Crippen molar-refractivity contribution in [1.82, 2.24) is 5.32 Å². The molecule has 1 saturated heterocycles. The summed E-state index contributed by atoms with van der Waals surface area (Å²) in [6, 6.07) is 16.1. The van der Waals surface area contributed by atoms with Gasteiger partial charge in [0, 0.05) is 30.9 Å². The molecule has 124 valence electrons. The van der Waals surface area contributed by atoms with E-state index in [9.17, 15) is 4.79 Å². The third-order valence-electron chi connectivity index (χ3n) is 4.05. The van der Waals surface area contributed by atoms with Gasteiger partial charge in [-0.05, 0) is 61.0 Å². The SMILES string of the molecule is Cc1cccc(NC(=S)NCc2ccc(N3CCCC3=O)cc2)c1. The van der Waals surface area contributed by atoms with Crippen LogP contribution in [0.4, 0.5) is 11.4 Å². The predicted molar refractivity (Wildman–Crippen MR) is 102 cm³/mol. The molecule has 1 amide bonds. The number of nitrogens with one attached hydrogen (secondary N) is 2. The number of thiocarbonyl (C=S) groups is 1. The second-order valence-electron chi connectivity index (χ2n) is 5.99. The minimum Gasteiger partial charge on any atom is -0.358 e. The molecule has 0 saturated carbocycles. The van der Waals surface area contributed by atoms with Gasteiger partial charge in [0.25, 0.3) is 0 Å². The Balaban J connectivity index is 1.53. The molecule has 0 spiro atoms. The summed E-state index contributed by atoms with van der Waals surface area (Å²) in [7, 11) is 0. The molecule has 3 rings (SSSR count). The summed E-state index contributed by atoms with van der Waals surface area (Å²) in [4.78, 5) is 13.6. The molecular formula is C19H21N3OS. The van der Waals surface area contributed by atoms with Gasteiger partial charge in [0.15, 0.2) is 5.11 Å². The maximum atomic E-state index is 11.8. The molecule has 0 unspecified atom stereocenters. The Morgan fingerprint density at radius 1 is 1.21 bits per heavy atom. The number of amides is 1. The van der Waals surface area contributed by atoms with Gasteiger partial charge in [-0.1, -0.05) is 24.3 Å². The van der Waals surface area contributed by atoms with Crippen LogP contribution in [0, 0.1) is 6.92 Å². The van der Waals surface area contributed by atoms with E-state index in [2.05, 4.69) is 16.7 Å². The van der Waals surface area contributed by atoms with Crippen LogP contribution < -0.4 is 15.5 Å². The van der Waals surface area contributed by atoms with Crippen LogP contribution in [0.25, 0.3) is 0 Å². The van der Waals surface area contributed by atoms with Crippen LogP contribution in [-0.2, 0) is 11.3 Å². The minimum atomic E-state index is 0.212. The van der Waals surface area contributed by atoms with Crippen LogP contribution in [0.15, 0.2) is 48.5 Å². The number of hydrogen-bond donors (Lipinski definition) is 2. The van der Waals surface area contributed by atoms with E-state index in [0.717, 1.165) is 29.9 Å². The molecule has 2 aromatic carbocycles. The summed E-state index contributed by atoms with van der Waals surface area (Å²) < 4.78 is 0. The van der Waals surface area contributed by atoms with Gasteiger partial charge in [-0.2, -0.15) is 0 Å². The van der Waals surface area contributed by atoms with E-state index in [1.54, 1.807) is 0 Å². The highest BCUT2D eigenvalue weighted by molar-refractivity contribution is 7.80. The predicted octanol–water partition coefficient (Wildman–Crippen LogP) is 3.61. The lowest BCUT2D eigenvalue weighted by Gasteiger charge is -2.16. The van der Waals surface area contributed by atoms with Crippen LogP contribution in [-0.4, -0.2) is 17.6 Å². The molecule has 0 bridgehead atoms. The number of anilines is 2. The first-order valence-electron chi connectivity index (χ1n) is 8.13. The van der Waals surface area contributed by atoms with Gasteiger partial charge in [0.1, 0.15) is 0 Å². The Morgan fingerprint density at radius 2 is 2.00 bits per heavy atom. The molecule has 2 N–H and O–H groups in total. The molecule has 1 aliphatic rings. The molecule has 0 aliphatic carbocycles. The largest absolute Gasteiger partial charge is 0.358 e. The zero-order valence-corrected chi connectivity index (χ0v) is 14.5. The Kier molecular flexibility index (Phi) is 5.11. The summed E-state index contributed by atoms with van der Waals surface area (Å²) in [5, 5.41) is 6.98. The van der Waals surface area contributed by atoms with Crippen molar-refractivity contribution in [2.75, 3.05) is 16.8 Å². The van der Waals surface area contributed by atoms with Gasteiger partial charge >= 0.3 is 0 Å². The average Bonchev–Trinajstić information content (AvgIpc) is 2.99. The van der Waals surface area contributed by atoms with Gasteiger partial charge < -0.3 is 15.5 Å². The highest BCUT2D eigenvalue weighted by Crippen LogP contribution is 2.21. The second kappa shape index (κ2) is 7.45. The van der Waals surface area contributed by atoms with Crippen molar-refractivity contribution >= 4 is 34.6 Å². The van der Waals surface area contributed by atoms with Crippen molar-refractivity contribution in [2.24, 2.45) is 0 Å². The van der Waals surface area contributed by atoms with Crippen LogP contribution >= 0.6 is 12.2 Å². The van der Waals surface area contributed by atoms with E-state index in [-0.39, 0.29) is 5.91 Å². The third kappa shape index (κ3) is 4.11. The summed E-state index contributed by atoms with van der Waals surface area (Å²) in [5.74, 6) is 0.212. The first-order valence-corrected chi connectivity index (χ1v) is 8.53. The standard InChI is InChI=1S/C19H21N3OS/c1-14-4-2-5-16(12-14)21-19(24)20-13-15-7-9-17(10-8-15)22-11-3-6-18(22)23/h2,4-5,7-10,12H,3,6,11,13H2,1H3,(H2,20,21,24). The van der Waals surface area contributed by atoms with E-state index in [0.29, 0.717) is 18.1 Å². The van der Waals surface area contributed by atoms with E-state index < -0.39 is 0 Å². The Morgan fingerprint density at radius 3 is 2.67 bits per heavy atom. The van der Waals surface area contributed by atoms with Crippen LogP contribution in [0.1, 0.15) is 24.0 Å². The highest BCUT2D eigenvalue weighted by atomic mass is 32.1. The fourth-order valence-corrected chi connectivity index (χ4v) is 2.99. The smallest absolute Gasteiger partial charge is 0.227 e. The number of carbonyl (C=O) groups is 1. The topological polar surface area (TPSA) is 44.4 Å². The molecule has 1 fully saturated rings. The molecule has 5 heteroatoms. The first kappa shape index (κ1) is 16.5. The lowest BCUT2D eigenvalue weighted by molar-refractivity contribution is -0.117. The monoisotopic (exact) mass is 339 g/mol. The highest BCUT2D eigenvalue weighted by Gasteiger charge is 2.21. The normalized spacial score (nSPS) is 13.9. The summed E-state index contributed by atoms with van der Waals surface area (Å²) >= 11 is 5.33. The second-order valence-corrected chi connectivity index (χ2v) is 6.40. The van der Waals surface area contributed by atoms with Crippen molar-refractivity contribution in [1.29, 1.82) is 0 Å². The molecular weight excluding hydrogens is 318 g/mol. The molecule has 0 radical (unpaired) electrons. The van der Waals surface area contributed by atoms with Gasteiger partial charge in [-0.25, -0.2) is 0 Å². The molecule has 0 atom stereocenters. The third-order valence-corrected chi connectivity index (χ3v) is 4.30. The zero-order valence-electron chi connectivity index (χ0n) is 13.7. The summed E-state index contributed by atoms with van der Waals surface area (Å²) in [5.41, 5.74) is 4.27. The van der Waals surface area contributed by atoms with E-state index in [4.69, 9.17) is 12.2 Å². The van der Waals surface area contributed by atoms with Crippen molar-refractivity contribution in [2.45, 2.75) is 26.3 Å². The number of hydrogen-bond acceptors (Lipinski definition) is 2. The Bertz CT molecular complexity index is 743. The Hall–Kier alpha value is -2.40. The summed E-state index contributed by atoms with van der Waals surface area (Å²) in [6.07, 6.45) is 1.60. The molecule has 4 nitrogen and oxygen atoms in total. The average molecular weight is 339 g/mol. The number of carbonyl (C=O) groups excluding carboxylic acids is 1. The lowest BCUT2D eigenvalue weighted by atomic mass is 10.2. The number of benzene rings is 2. The van der Waals surface area contributed by atoms with Gasteiger partial charge in [-0.3, -0.25) is 4.79 Å². The van der Waals surface area contributed by atoms with Crippen LogP contribution in [0.2, 0.25) is 0 Å². The number of aryl methyl sites for hydroxylation is 1. The van der Waals surface area contributed by atoms with E-state index >= 15 is 0 Å². The van der Waals surface area contributed by atoms with Crippen LogP contribution in [0.5, 0.6) is 0 Å². The lowest BCUT2D eigenvalue weighted by Crippen LogP contribution is -2.28. The van der Waals surface area contributed by atoms with Gasteiger partial charge in [0.05, 0.1) is 0 Å².